The lowest BCUT2D eigenvalue weighted by Crippen LogP contribution is -2.27. The molecule has 1 aliphatic carbocycles. The van der Waals surface area contributed by atoms with E-state index in [1.54, 1.807) is 19.2 Å². The molecule has 0 fully saturated rings. The summed E-state index contributed by atoms with van der Waals surface area (Å²) < 4.78 is 10.1. The topological polar surface area (TPSA) is 68.4 Å². The summed E-state index contributed by atoms with van der Waals surface area (Å²) in [7, 11) is 1.32. The van der Waals surface area contributed by atoms with E-state index in [1.807, 2.05) is 37.3 Å². The van der Waals surface area contributed by atoms with Crippen molar-refractivity contribution in [2.24, 2.45) is 0 Å². The zero-order valence-corrected chi connectivity index (χ0v) is 13.9. The van der Waals surface area contributed by atoms with E-state index in [0.29, 0.717) is 17.9 Å². The Morgan fingerprint density at radius 1 is 1.21 bits per heavy atom. The minimum absolute atomic E-state index is 0.296. The molecule has 0 amide bonds. The molecule has 124 valence electrons. The number of hydrogen-bond acceptors (Lipinski definition) is 4. The Labute approximate surface area is 140 Å². The number of hydrogen-bond donors (Lipinski definition) is 1. The molecule has 1 heterocycles. The summed E-state index contributed by atoms with van der Waals surface area (Å²) in [6.07, 6.45) is 1.67. The van der Waals surface area contributed by atoms with Crippen molar-refractivity contribution >= 4 is 17.5 Å². The Balaban J connectivity index is 2.05. The number of carbonyl (C=O) groups excluding carboxylic acids is 2. The summed E-state index contributed by atoms with van der Waals surface area (Å²) >= 11 is 0. The summed E-state index contributed by atoms with van der Waals surface area (Å²) in [6.45, 7) is 4.00. The zero-order chi connectivity index (χ0) is 17.3. The van der Waals surface area contributed by atoms with Crippen LogP contribution in [0.25, 0.3) is 5.57 Å². The molecule has 5 nitrogen and oxygen atoms in total. The number of benzene rings is 1. The quantitative estimate of drug-likeness (QED) is 0.858. The predicted octanol–water partition coefficient (Wildman–Crippen LogP) is 3.09. The molecule has 1 aliphatic rings. The maximum absolute atomic E-state index is 12.8. The minimum atomic E-state index is -0.930. The van der Waals surface area contributed by atoms with E-state index in [4.69, 9.17) is 9.47 Å². The number of methoxy groups -OCH3 is 1. The third-order valence-electron chi connectivity index (χ3n) is 4.42. The maximum Gasteiger partial charge on any atom is 0.354 e. The molecule has 24 heavy (non-hydrogen) atoms. The largest absolute Gasteiger partial charge is 0.465 e. The summed E-state index contributed by atoms with van der Waals surface area (Å²) in [5.41, 5.74) is 2.91. The molecule has 0 bridgehead atoms. The van der Waals surface area contributed by atoms with Crippen molar-refractivity contribution in [3.05, 3.63) is 65.0 Å². The van der Waals surface area contributed by atoms with Crippen LogP contribution in [0.5, 0.6) is 0 Å². The van der Waals surface area contributed by atoms with Gasteiger partial charge in [0, 0.05) is 6.20 Å². The van der Waals surface area contributed by atoms with E-state index in [1.165, 1.54) is 7.11 Å². The van der Waals surface area contributed by atoms with E-state index in [0.717, 1.165) is 16.7 Å². The average molecular weight is 325 g/mol. The van der Waals surface area contributed by atoms with Gasteiger partial charge in [-0.05, 0) is 42.2 Å². The molecular weight excluding hydrogens is 306 g/mol. The molecule has 1 unspecified atom stereocenters. The third kappa shape index (κ3) is 2.24. The van der Waals surface area contributed by atoms with Crippen LogP contribution in [0.4, 0.5) is 0 Å². The highest BCUT2D eigenvalue weighted by atomic mass is 16.5. The van der Waals surface area contributed by atoms with Crippen molar-refractivity contribution in [3.63, 3.8) is 0 Å². The Bertz CT molecular complexity index is 819. The van der Waals surface area contributed by atoms with Crippen molar-refractivity contribution in [2.75, 3.05) is 13.7 Å². The molecule has 0 saturated carbocycles. The lowest BCUT2D eigenvalue weighted by atomic mass is 9.88. The first-order chi connectivity index (χ1) is 11.6. The van der Waals surface area contributed by atoms with Gasteiger partial charge in [-0.1, -0.05) is 30.3 Å². The molecule has 1 aromatic carbocycles. The van der Waals surface area contributed by atoms with Crippen LogP contribution >= 0.6 is 0 Å². The highest BCUT2D eigenvalue weighted by molar-refractivity contribution is 6.15. The van der Waals surface area contributed by atoms with E-state index in [2.05, 4.69) is 4.98 Å². The van der Waals surface area contributed by atoms with E-state index >= 15 is 0 Å². The summed E-state index contributed by atoms with van der Waals surface area (Å²) in [4.78, 5) is 27.4. The Morgan fingerprint density at radius 2 is 1.92 bits per heavy atom. The molecule has 0 spiro atoms. The zero-order valence-electron chi connectivity index (χ0n) is 13.9. The minimum Gasteiger partial charge on any atom is -0.465 e. The van der Waals surface area contributed by atoms with Gasteiger partial charge in [0.2, 0.25) is 0 Å². The third-order valence-corrected chi connectivity index (χ3v) is 4.42. The first-order valence-electron chi connectivity index (χ1n) is 7.79. The lowest BCUT2D eigenvalue weighted by molar-refractivity contribution is -0.145. The van der Waals surface area contributed by atoms with Crippen LogP contribution < -0.4 is 0 Å². The molecule has 1 atom stereocenters. The number of esters is 2. The first kappa shape index (κ1) is 16.1. The van der Waals surface area contributed by atoms with Crippen LogP contribution in [-0.2, 0) is 19.7 Å². The van der Waals surface area contributed by atoms with Crippen molar-refractivity contribution in [1.29, 1.82) is 0 Å². The molecule has 0 aliphatic heterocycles. The Morgan fingerprint density at radius 3 is 2.54 bits per heavy atom. The van der Waals surface area contributed by atoms with Crippen LogP contribution in [0.15, 0.2) is 48.2 Å². The summed E-state index contributed by atoms with van der Waals surface area (Å²) in [5, 5.41) is 0. The van der Waals surface area contributed by atoms with Gasteiger partial charge in [-0.2, -0.15) is 0 Å². The van der Waals surface area contributed by atoms with Gasteiger partial charge in [0.25, 0.3) is 0 Å². The molecule has 0 radical (unpaired) electrons. The average Bonchev–Trinajstić information content (AvgIpc) is 2.96. The van der Waals surface area contributed by atoms with Gasteiger partial charge in [-0.25, -0.2) is 4.79 Å². The maximum atomic E-state index is 12.8. The normalized spacial score (nSPS) is 19.1. The van der Waals surface area contributed by atoms with E-state index in [-0.39, 0.29) is 5.97 Å². The van der Waals surface area contributed by atoms with E-state index < -0.39 is 11.4 Å². The number of nitrogens with one attached hydrogen (secondary N) is 1. The lowest BCUT2D eigenvalue weighted by Gasteiger charge is -2.17. The van der Waals surface area contributed by atoms with Gasteiger partial charge >= 0.3 is 11.9 Å². The van der Waals surface area contributed by atoms with Crippen molar-refractivity contribution in [3.8, 4) is 0 Å². The second kappa shape index (κ2) is 6.00. The Kier molecular flexibility index (Phi) is 4.01. The van der Waals surface area contributed by atoms with E-state index in [9.17, 15) is 9.59 Å². The second-order valence-corrected chi connectivity index (χ2v) is 5.63. The monoisotopic (exact) mass is 325 g/mol. The smallest absolute Gasteiger partial charge is 0.354 e. The van der Waals surface area contributed by atoms with Gasteiger partial charge in [0.05, 0.1) is 13.7 Å². The van der Waals surface area contributed by atoms with Crippen LogP contribution in [-0.4, -0.2) is 30.6 Å². The van der Waals surface area contributed by atoms with Gasteiger partial charge in [-0.3, -0.25) is 4.79 Å². The van der Waals surface area contributed by atoms with Crippen molar-refractivity contribution < 1.29 is 19.1 Å². The fourth-order valence-electron chi connectivity index (χ4n) is 3.26. The summed E-state index contributed by atoms with van der Waals surface area (Å²) in [5.74, 6) is -0.795. The number of rotatable bonds is 5. The SMILES string of the molecule is CCOC(=O)C1(c2c[nH]c(C(=O)OC)c2)C(C)=C1c1ccccc1. The summed E-state index contributed by atoms with van der Waals surface area (Å²) in [6, 6.07) is 11.4. The number of H-pyrrole nitrogens is 1. The second-order valence-electron chi connectivity index (χ2n) is 5.63. The molecule has 5 heteroatoms. The van der Waals surface area contributed by atoms with Gasteiger partial charge in [0.15, 0.2) is 0 Å². The molecule has 2 aromatic rings. The van der Waals surface area contributed by atoms with Crippen LogP contribution in [0, 0.1) is 0 Å². The predicted molar refractivity (Wildman–Crippen MR) is 89.5 cm³/mol. The number of carbonyl (C=O) groups is 2. The highest BCUT2D eigenvalue weighted by Gasteiger charge is 2.60. The number of aromatic nitrogens is 1. The standard InChI is InChI=1S/C19H19NO4/c1-4-24-18(22)19(14-10-15(20-11-14)17(21)23-3)12(2)16(19)13-8-6-5-7-9-13/h5-11,20H,4H2,1-3H3. The fourth-order valence-corrected chi connectivity index (χ4v) is 3.26. The van der Waals surface area contributed by atoms with Crippen LogP contribution in [0.1, 0.15) is 35.5 Å². The Hall–Kier alpha value is -2.82. The number of aromatic amines is 1. The van der Waals surface area contributed by atoms with Crippen LogP contribution in [0.3, 0.4) is 0 Å². The molecule has 0 saturated heterocycles. The van der Waals surface area contributed by atoms with Crippen LogP contribution in [0.2, 0.25) is 0 Å². The van der Waals surface area contributed by atoms with Crippen molar-refractivity contribution in [2.45, 2.75) is 19.3 Å². The number of ether oxygens (including phenoxy) is 2. The molecule has 1 aromatic heterocycles. The van der Waals surface area contributed by atoms with Gasteiger partial charge < -0.3 is 14.5 Å². The molecule has 1 N–H and O–H groups in total. The molecular formula is C19H19NO4. The van der Waals surface area contributed by atoms with Crippen molar-refractivity contribution in [1.82, 2.24) is 4.98 Å². The van der Waals surface area contributed by atoms with Gasteiger partial charge in [0.1, 0.15) is 11.1 Å². The molecule has 3 rings (SSSR count). The van der Waals surface area contributed by atoms with Gasteiger partial charge in [-0.15, -0.1) is 0 Å². The fraction of sp³-hybridized carbons (Fsp3) is 0.263. The highest BCUT2D eigenvalue weighted by Crippen LogP contribution is 2.60. The first-order valence-corrected chi connectivity index (χ1v) is 7.79.